The Bertz CT molecular complexity index is 986. The molecular weight excluding hydrogens is 410 g/mol. The van der Waals surface area contributed by atoms with E-state index in [0.29, 0.717) is 25.4 Å². The van der Waals surface area contributed by atoms with Gasteiger partial charge in [-0.05, 0) is 37.8 Å². The van der Waals surface area contributed by atoms with Crippen molar-refractivity contribution in [1.29, 1.82) is 0 Å². The van der Waals surface area contributed by atoms with Crippen LogP contribution in [-0.4, -0.2) is 60.2 Å². The van der Waals surface area contributed by atoms with Crippen LogP contribution in [-0.2, 0) is 22.5 Å². The zero-order valence-electron chi connectivity index (χ0n) is 19.0. The summed E-state index contributed by atoms with van der Waals surface area (Å²) in [7, 11) is 3.31. The monoisotopic (exact) mass is 441 g/mol. The van der Waals surface area contributed by atoms with Gasteiger partial charge in [0.05, 0.1) is 26.7 Å². The van der Waals surface area contributed by atoms with Gasteiger partial charge in [-0.2, -0.15) is 0 Å². The van der Waals surface area contributed by atoms with Gasteiger partial charge in [0.15, 0.2) is 0 Å². The number of nitrogens with zero attached hydrogens (tertiary/aromatic N) is 3. The molecule has 0 spiro atoms. The maximum atomic E-state index is 13.1. The van der Waals surface area contributed by atoms with Crippen LogP contribution < -0.4 is 9.47 Å². The summed E-state index contributed by atoms with van der Waals surface area (Å²) in [5.74, 6) is 2.19. The van der Waals surface area contributed by atoms with E-state index in [1.54, 1.807) is 26.0 Å². The number of amides is 1. The number of likely N-dealkylation sites (tertiary alicyclic amines) is 1. The second kappa shape index (κ2) is 9.63. The minimum absolute atomic E-state index is 0.112. The molecule has 172 valence electrons. The molecule has 1 fully saturated rings. The van der Waals surface area contributed by atoms with Gasteiger partial charge < -0.3 is 23.7 Å². The third kappa shape index (κ3) is 4.45. The Morgan fingerprint density at radius 2 is 2.00 bits per heavy atom. The molecule has 2 aliphatic rings. The highest BCUT2D eigenvalue weighted by atomic mass is 16.5. The minimum Gasteiger partial charge on any atom is -0.497 e. The molecule has 1 saturated heterocycles. The van der Waals surface area contributed by atoms with Crippen LogP contribution in [0.1, 0.15) is 54.0 Å². The number of aromatic nitrogens is 2. The number of benzene rings is 1. The van der Waals surface area contributed by atoms with Gasteiger partial charge in [-0.3, -0.25) is 9.59 Å². The first-order valence-corrected chi connectivity index (χ1v) is 11.3. The molecule has 0 bridgehead atoms. The number of hydrogen-bond acceptors (Lipinski definition) is 6. The molecule has 0 aliphatic carbocycles. The van der Waals surface area contributed by atoms with Crippen molar-refractivity contribution in [3.05, 3.63) is 41.5 Å². The number of ether oxygens (including phenoxy) is 3. The molecule has 0 N–H and O–H groups in total. The highest BCUT2D eigenvalue weighted by molar-refractivity contribution is 5.92. The van der Waals surface area contributed by atoms with Crippen molar-refractivity contribution in [3.8, 4) is 11.5 Å². The number of fused-ring (bicyclic) bond motifs is 1. The molecule has 1 aromatic heterocycles. The van der Waals surface area contributed by atoms with E-state index in [2.05, 4.69) is 15.6 Å². The number of hydrogen-bond donors (Lipinski definition) is 0. The highest BCUT2D eigenvalue weighted by Gasteiger charge is 2.32. The lowest BCUT2D eigenvalue weighted by Crippen LogP contribution is -2.43. The zero-order chi connectivity index (χ0) is 22.7. The van der Waals surface area contributed by atoms with Crippen LogP contribution in [0.4, 0.5) is 0 Å². The third-order valence-electron chi connectivity index (χ3n) is 6.42. The van der Waals surface area contributed by atoms with E-state index in [0.717, 1.165) is 55.1 Å². The largest absolute Gasteiger partial charge is 0.497 e. The molecule has 2 unspecified atom stereocenters. The summed E-state index contributed by atoms with van der Waals surface area (Å²) in [6, 6.07) is 5.91. The molecule has 32 heavy (non-hydrogen) atoms. The van der Waals surface area contributed by atoms with Crippen molar-refractivity contribution in [2.24, 2.45) is 5.92 Å². The standard InChI is InChI=1S/C24H31N3O5/c1-4-32-24(29)17-6-5-11-26(14-17)23(28)20-15-27-13-16(7-10-22(27)25-20)19-9-8-18(30-2)12-21(19)31-3/h8-9,12,15-17H,4-7,10-11,13-14H2,1-3H3. The fraction of sp³-hybridized carbons (Fsp3) is 0.542. The van der Waals surface area contributed by atoms with Crippen molar-refractivity contribution in [3.63, 3.8) is 0 Å². The zero-order valence-corrected chi connectivity index (χ0v) is 19.0. The number of methoxy groups -OCH3 is 2. The van der Waals surface area contributed by atoms with Crippen LogP contribution in [0.5, 0.6) is 11.5 Å². The predicted octanol–water partition coefficient (Wildman–Crippen LogP) is 3.05. The molecule has 8 nitrogen and oxygen atoms in total. The number of carbonyl (C=O) groups is 2. The van der Waals surface area contributed by atoms with Crippen LogP contribution in [0.3, 0.4) is 0 Å². The van der Waals surface area contributed by atoms with Crippen molar-refractivity contribution in [2.75, 3.05) is 33.9 Å². The predicted molar refractivity (Wildman–Crippen MR) is 118 cm³/mol. The summed E-state index contributed by atoms with van der Waals surface area (Å²) in [4.78, 5) is 31.6. The quantitative estimate of drug-likeness (QED) is 0.641. The Labute approximate surface area is 188 Å². The topological polar surface area (TPSA) is 82.9 Å². The summed E-state index contributed by atoms with van der Waals surface area (Å²) < 4.78 is 18.1. The van der Waals surface area contributed by atoms with E-state index in [1.807, 2.05) is 18.3 Å². The molecule has 1 aromatic carbocycles. The van der Waals surface area contributed by atoms with Crippen LogP contribution >= 0.6 is 0 Å². The van der Waals surface area contributed by atoms with Crippen LogP contribution in [0.25, 0.3) is 0 Å². The van der Waals surface area contributed by atoms with E-state index < -0.39 is 0 Å². The summed E-state index contributed by atoms with van der Waals surface area (Å²) >= 11 is 0. The number of esters is 1. The maximum Gasteiger partial charge on any atom is 0.310 e. The number of imidazole rings is 1. The van der Waals surface area contributed by atoms with Crippen molar-refractivity contribution < 1.29 is 23.8 Å². The SMILES string of the molecule is CCOC(=O)C1CCCN(C(=O)c2cn3c(n2)CCC(c2ccc(OC)cc2OC)C3)C1. The summed E-state index contributed by atoms with van der Waals surface area (Å²) in [6.45, 7) is 3.93. The van der Waals surface area contributed by atoms with Gasteiger partial charge in [0, 0.05) is 44.2 Å². The van der Waals surface area contributed by atoms with E-state index in [-0.39, 0.29) is 23.7 Å². The first-order valence-electron chi connectivity index (χ1n) is 11.3. The lowest BCUT2D eigenvalue weighted by atomic mass is 9.91. The molecule has 4 rings (SSSR count). The summed E-state index contributed by atoms with van der Waals surface area (Å²) in [6.07, 6.45) is 5.13. The fourth-order valence-electron chi connectivity index (χ4n) is 4.73. The fourth-order valence-corrected chi connectivity index (χ4v) is 4.73. The van der Waals surface area contributed by atoms with Gasteiger partial charge in [-0.1, -0.05) is 6.07 Å². The number of piperidine rings is 1. The summed E-state index contributed by atoms with van der Waals surface area (Å²) in [5, 5.41) is 0. The smallest absolute Gasteiger partial charge is 0.310 e. The Hall–Kier alpha value is -3.03. The van der Waals surface area contributed by atoms with Gasteiger partial charge in [-0.25, -0.2) is 4.98 Å². The average Bonchev–Trinajstić information content (AvgIpc) is 3.26. The average molecular weight is 442 g/mol. The van der Waals surface area contributed by atoms with Crippen molar-refractivity contribution >= 4 is 11.9 Å². The molecule has 2 atom stereocenters. The second-order valence-electron chi connectivity index (χ2n) is 8.38. The van der Waals surface area contributed by atoms with Gasteiger partial charge in [0.2, 0.25) is 0 Å². The van der Waals surface area contributed by atoms with E-state index in [1.165, 1.54) is 0 Å². The van der Waals surface area contributed by atoms with Crippen molar-refractivity contribution in [1.82, 2.24) is 14.5 Å². The molecule has 8 heteroatoms. The molecule has 2 aromatic rings. The Kier molecular flexibility index (Phi) is 6.67. The Morgan fingerprint density at radius 3 is 2.75 bits per heavy atom. The normalized spacial score (nSPS) is 20.4. The van der Waals surface area contributed by atoms with Crippen LogP contribution in [0.15, 0.2) is 24.4 Å². The molecule has 0 saturated carbocycles. The summed E-state index contributed by atoms with van der Waals surface area (Å²) in [5.41, 5.74) is 1.58. The molecular formula is C24H31N3O5. The number of rotatable bonds is 6. The van der Waals surface area contributed by atoms with Crippen molar-refractivity contribution in [2.45, 2.75) is 45.1 Å². The van der Waals surface area contributed by atoms with Gasteiger partial charge in [0.1, 0.15) is 23.0 Å². The first kappa shape index (κ1) is 22.2. The van der Waals surface area contributed by atoms with E-state index in [9.17, 15) is 9.59 Å². The van der Waals surface area contributed by atoms with Gasteiger partial charge in [-0.15, -0.1) is 0 Å². The highest BCUT2D eigenvalue weighted by Crippen LogP contribution is 2.36. The van der Waals surface area contributed by atoms with Gasteiger partial charge >= 0.3 is 5.97 Å². The molecule has 1 amide bonds. The van der Waals surface area contributed by atoms with Gasteiger partial charge in [0.25, 0.3) is 5.91 Å². The molecule has 0 radical (unpaired) electrons. The Balaban J connectivity index is 1.48. The lowest BCUT2D eigenvalue weighted by molar-refractivity contribution is -0.149. The number of aryl methyl sites for hydroxylation is 1. The van der Waals surface area contributed by atoms with Crippen LogP contribution in [0, 0.1) is 5.92 Å². The van der Waals surface area contributed by atoms with Crippen LogP contribution in [0.2, 0.25) is 0 Å². The lowest BCUT2D eigenvalue weighted by Gasteiger charge is -2.31. The number of carbonyl (C=O) groups excluding carboxylic acids is 2. The molecule has 2 aliphatic heterocycles. The maximum absolute atomic E-state index is 13.1. The first-order chi connectivity index (χ1) is 15.5. The molecule has 3 heterocycles. The third-order valence-corrected chi connectivity index (χ3v) is 6.42. The van der Waals surface area contributed by atoms with E-state index in [4.69, 9.17) is 14.2 Å². The second-order valence-corrected chi connectivity index (χ2v) is 8.38. The van der Waals surface area contributed by atoms with E-state index >= 15 is 0 Å². The minimum atomic E-state index is -0.253. The Morgan fingerprint density at radius 1 is 1.16 bits per heavy atom.